The van der Waals surface area contributed by atoms with Crippen LogP contribution in [0.5, 0.6) is 5.75 Å². The monoisotopic (exact) mass is 226 g/mol. The van der Waals surface area contributed by atoms with E-state index in [0.29, 0.717) is 25.2 Å². The van der Waals surface area contributed by atoms with Gasteiger partial charge in [0.15, 0.2) is 6.17 Å². The largest absolute Gasteiger partial charge is 0.483 e. The van der Waals surface area contributed by atoms with Crippen molar-refractivity contribution in [1.82, 2.24) is 0 Å². The van der Waals surface area contributed by atoms with E-state index in [1.807, 2.05) is 0 Å². The van der Waals surface area contributed by atoms with Crippen LogP contribution >= 0.6 is 0 Å². The third kappa shape index (κ3) is 1.40. The Labute approximate surface area is 92.2 Å². The minimum absolute atomic E-state index is 0.0659. The lowest BCUT2D eigenvalue weighted by atomic mass is 9.88. The van der Waals surface area contributed by atoms with Crippen LogP contribution in [0.2, 0.25) is 0 Å². The second kappa shape index (κ2) is 3.42. The Bertz CT molecular complexity index is 421. The Balaban J connectivity index is 1.93. The topological polar surface area (TPSA) is 18.5 Å². The molecular formula is C12H12F2O2. The molecule has 0 aromatic heterocycles. The Morgan fingerprint density at radius 3 is 3.06 bits per heavy atom. The second-order valence-electron chi connectivity index (χ2n) is 4.39. The lowest BCUT2D eigenvalue weighted by Crippen LogP contribution is -2.50. The third-order valence-corrected chi connectivity index (χ3v) is 3.33. The predicted molar refractivity (Wildman–Crippen MR) is 53.8 cm³/mol. The van der Waals surface area contributed by atoms with Gasteiger partial charge in [0.2, 0.25) is 0 Å². The maximum atomic E-state index is 13.9. The quantitative estimate of drug-likeness (QED) is 0.675. The molecule has 3 rings (SSSR count). The molecule has 0 aliphatic carbocycles. The van der Waals surface area contributed by atoms with Crippen LogP contribution < -0.4 is 4.74 Å². The first-order valence-electron chi connectivity index (χ1n) is 5.39. The van der Waals surface area contributed by atoms with Gasteiger partial charge in [-0.25, -0.2) is 8.78 Å². The molecule has 1 aromatic rings. The van der Waals surface area contributed by atoms with Crippen LogP contribution in [0.15, 0.2) is 18.2 Å². The molecule has 0 bridgehead atoms. The van der Waals surface area contributed by atoms with Gasteiger partial charge in [-0.1, -0.05) is 0 Å². The minimum atomic E-state index is -1.14. The predicted octanol–water partition coefficient (Wildman–Crippen LogP) is 2.26. The van der Waals surface area contributed by atoms with E-state index in [1.165, 1.54) is 12.1 Å². The van der Waals surface area contributed by atoms with Gasteiger partial charge in [-0.2, -0.15) is 0 Å². The molecule has 0 amide bonds. The summed E-state index contributed by atoms with van der Waals surface area (Å²) in [5.41, 5.74) is -0.0708. The molecule has 86 valence electrons. The SMILES string of the molecule is Fc1ccc2c(c1)CC1(CCOCC1F)O2. The Morgan fingerprint density at radius 2 is 2.25 bits per heavy atom. The highest BCUT2D eigenvalue weighted by molar-refractivity contribution is 5.40. The van der Waals surface area contributed by atoms with Gasteiger partial charge in [0, 0.05) is 18.4 Å². The average molecular weight is 226 g/mol. The van der Waals surface area contributed by atoms with E-state index >= 15 is 0 Å². The molecule has 16 heavy (non-hydrogen) atoms. The van der Waals surface area contributed by atoms with E-state index in [2.05, 4.69) is 0 Å². The second-order valence-corrected chi connectivity index (χ2v) is 4.39. The summed E-state index contributed by atoms with van der Waals surface area (Å²) in [4.78, 5) is 0. The number of fused-ring (bicyclic) bond motifs is 1. The zero-order chi connectivity index (χ0) is 11.2. The van der Waals surface area contributed by atoms with Crippen molar-refractivity contribution in [2.45, 2.75) is 24.6 Å². The number of hydrogen-bond acceptors (Lipinski definition) is 2. The van der Waals surface area contributed by atoms with Crippen molar-refractivity contribution in [3.63, 3.8) is 0 Å². The van der Waals surface area contributed by atoms with Crippen molar-refractivity contribution in [2.24, 2.45) is 0 Å². The van der Waals surface area contributed by atoms with Crippen LogP contribution in [0.4, 0.5) is 8.78 Å². The zero-order valence-electron chi connectivity index (χ0n) is 8.71. The first kappa shape index (κ1) is 10.0. The molecule has 2 unspecified atom stereocenters. The summed E-state index contributed by atoms with van der Waals surface area (Å²) in [5.74, 6) is 0.299. The molecule has 1 fully saturated rings. The molecule has 0 saturated carbocycles. The molecule has 2 aliphatic rings. The van der Waals surface area contributed by atoms with Gasteiger partial charge in [0.1, 0.15) is 17.2 Å². The molecule has 0 N–H and O–H groups in total. The Morgan fingerprint density at radius 1 is 1.38 bits per heavy atom. The van der Waals surface area contributed by atoms with Gasteiger partial charge in [-0.15, -0.1) is 0 Å². The number of hydrogen-bond donors (Lipinski definition) is 0. The van der Waals surface area contributed by atoms with Crippen LogP contribution in [0, 0.1) is 5.82 Å². The molecule has 2 atom stereocenters. The van der Waals surface area contributed by atoms with E-state index < -0.39 is 11.8 Å². The van der Waals surface area contributed by atoms with Crippen LogP contribution in [-0.4, -0.2) is 25.0 Å². The average Bonchev–Trinajstić information content (AvgIpc) is 2.61. The van der Waals surface area contributed by atoms with Gasteiger partial charge in [0.25, 0.3) is 0 Å². The van der Waals surface area contributed by atoms with E-state index in [0.717, 1.165) is 5.56 Å². The summed E-state index contributed by atoms with van der Waals surface area (Å²) in [7, 11) is 0. The zero-order valence-corrected chi connectivity index (χ0v) is 8.71. The molecule has 1 aromatic carbocycles. The summed E-state index contributed by atoms with van der Waals surface area (Å²) in [5, 5.41) is 0. The van der Waals surface area contributed by atoms with Gasteiger partial charge in [-0.3, -0.25) is 0 Å². The van der Waals surface area contributed by atoms with Crippen molar-refractivity contribution in [2.75, 3.05) is 13.2 Å². The van der Waals surface area contributed by atoms with E-state index in [9.17, 15) is 8.78 Å². The smallest absolute Gasteiger partial charge is 0.163 e. The fraction of sp³-hybridized carbons (Fsp3) is 0.500. The van der Waals surface area contributed by atoms with Crippen LogP contribution in [0.3, 0.4) is 0 Å². The van der Waals surface area contributed by atoms with Gasteiger partial charge >= 0.3 is 0 Å². The van der Waals surface area contributed by atoms with Crippen LogP contribution in [0.25, 0.3) is 0 Å². The number of alkyl halides is 1. The van der Waals surface area contributed by atoms with Crippen molar-refractivity contribution >= 4 is 0 Å². The highest BCUT2D eigenvalue weighted by Gasteiger charge is 2.48. The van der Waals surface area contributed by atoms with Crippen molar-refractivity contribution in [3.8, 4) is 5.75 Å². The van der Waals surface area contributed by atoms with Gasteiger partial charge < -0.3 is 9.47 Å². The standard InChI is InChI=1S/C12H12F2O2/c13-9-1-2-10-8(5-9)6-12(16-10)3-4-15-7-11(12)14/h1-2,5,11H,3-4,6-7H2. The van der Waals surface area contributed by atoms with E-state index in [4.69, 9.17) is 9.47 Å². The summed E-state index contributed by atoms with van der Waals surface area (Å²) in [6, 6.07) is 4.33. The molecule has 2 heterocycles. The maximum absolute atomic E-state index is 13.9. The molecular weight excluding hydrogens is 214 g/mol. The number of halogens is 2. The van der Waals surface area contributed by atoms with Gasteiger partial charge in [0.05, 0.1) is 13.2 Å². The maximum Gasteiger partial charge on any atom is 0.163 e. The number of rotatable bonds is 0. The summed E-state index contributed by atoms with van der Waals surface area (Å²) in [6.07, 6.45) is -0.188. The van der Waals surface area contributed by atoms with Gasteiger partial charge in [-0.05, 0) is 18.2 Å². The lowest BCUT2D eigenvalue weighted by Gasteiger charge is -2.35. The molecule has 2 aliphatic heterocycles. The Kier molecular flexibility index (Phi) is 2.14. The normalized spacial score (nSPS) is 32.5. The number of ether oxygens (including phenoxy) is 2. The summed E-state index contributed by atoms with van der Waals surface area (Å²) in [6.45, 7) is 0.563. The van der Waals surface area contributed by atoms with Crippen LogP contribution in [-0.2, 0) is 11.2 Å². The highest BCUT2D eigenvalue weighted by atomic mass is 19.1. The van der Waals surface area contributed by atoms with E-state index in [-0.39, 0.29) is 12.4 Å². The molecule has 1 saturated heterocycles. The van der Waals surface area contributed by atoms with E-state index in [1.54, 1.807) is 6.07 Å². The Hall–Kier alpha value is -1.16. The van der Waals surface area contributed by atoms with Crippen LogP contribution in [0.1, 0.15) is 12.0 Å². The molecule has 2 nitrogen and oxygen atoms in total. The first-order valence-corrected chi connectivity index (χ1v) is 5.39. The lowest BCUT2D eigenvalue weighted by molar-refractivity contribution is -0.0954. The fourth-order valence-corrected chi connectivity index (χ4v) is 2.42. The first-order chi connectivity index (χ1) is 7.70. The third-order valence-electron chi connectivity index (χ3n) is 3.33. The van der Waals surface area contributed by atoms with Crippen molar-refractivity contribution < 1.29 is 18.3 Å². The van der Waals surface area contributed by atoms with Crippen molar-refractivity contribution in [1.29, 1.82) is 0 Å². The molecule has 1 spiro atoms. The summed E-state index contributed by atoms with van der Waals surface area (Å²) < 4.78 is 37.6. The fourth-order valence-electron chi connectivity index (χ4n) is 2.42. The number of benzene rings is 1. The molecule has 0 radical (unpaired) electrons. The highest BCUT2D eigenvalue weighted by Crippen LogP contribution is 2.41. The van der Waals surface area contributed by atoms with Crippen molar-refractivity contribution in [3.05, 3.63) is 29.6 Å². The minimum Gasteiger partial charge on any atom is -0.483 e. The summed E-state index contributed by atoms with van der Waals surface area (Å²) >= 11 is 0. The molecule has 4 heteroatoms.